The lowest BCUT2D eigenvalue weighted by Gasteiger charge is -2.29. The molecule has 5 nitrogen and oxygen atoms in total. The Morgan fingerprint density at radius 1 is 1.15 bits per heavy atom. The largest absolute Gasteiger partial charge is 0.460 e. The molecule has 3 heterocycles. The summed E-state index contributed by atoms with van der Waals surface area (Å²) in [6, 6.07) is 8.06. The van der Waals surface area contributed by atoms with Crippen LogP contribution in [0.5, 0.6) is 0 Å². The van der Waals surface area contributed by atoms with Crippen molar-refractivity contribution in [1.29, 1.82) is 0 Å². The topological polar surface area (TPSA) is 54.3 Å². The third kappa shape index (κ3) is 5.02. The Morgan fingerprint density at radius 2 is 1.85 bits per heavy atom. The number of rotatable bonds is 3. The van der Waals surface area contributed by atoms with Gasteiger partial charge in [-0.15, -0.1) is 11.3 Å². The summed E-state index contributed by atoms with van der Waals surface area (Å²) in [5, 5.41) is 1.13. The zero-order chi connectivity index (χ0) is 24.6. The molecule has 34 heavy (non-hydrogen) atoms. The van der Waals surface area contributed by atoms with Crippen molar-refractivity contribution in [2.24, 2.45) is 9.98 Å². The summed E-state index contributed by atoms with van der Waals surface area (Å²) in [5.41, 5.74) is 6.14. The molecular formula is C28H35N3O2S. The molecule has 180 valence electrons. The van der Waals surface area contributed by atoms with Crippen LogP contribution >= 0.6 is 11.3 Å². The quantitative estimate of drug-likeness (QED) is 0.473. The fraction of sp³-hybridized carbons (Fsp3) is 0.464. The number of carbonyl (C=O) groups is 1. The smallest absolute Gasteiger partial charge is 0.308 e. The van der Waals surface area contributed by atoms with Gasteiger partial charge in [0.25, 0.3) is 0 Å². The number of thiophene rings is 1. The summed E-state index contributed by atoms with van der Waals surface area (Å²) < 4.78 is 5.71. The highest BCUT2D eigenvalue weighted by Gasteiger charge is 2.36. The maximum absolute atomic E-state index is 13.0. The second-order valence-corrected chi connectivity index (χ2v) is 11.4. The van der Waals surface area contributed by atoms with Gasteiger partial charge in [-0.1, -0.05) is 35.9 Å². The van der Waals surface area contributed by atoms with Gasteiger partial charge in [-0.05, 0) is 66.9 Å². The van der Waals surface area contributed by atoms with Crippen molar-refractivity contribution in [2.75, 3.05) is 11.4 Å². The number of aliphatic imine (C=N–C) groups is 2. The number of fused-ring (bicyclic) bond motifs is 3. The van der Waals surface area contributed by atoms with E-state index in [1.165, 1.54) is 16.0 Å². The van der Waals surface area contributed by atoms with E-state index in [4.69, 9.17) is 14.7 Å². The van der Waals surface area contributed by atoms with Crippen molar-refractivity contribution in [2.45, 2.75) is 79.4 Å². The standard InChI is InChI=1S/C28H35N3O2S/c1-17-11-13-21(14-12-17)25-24-19(3)20(4)34-27(24)31-18(2)10-8-9-15-29-26(31)22(30-25)16-23(32)33-28(5,6)7/h10-14,22H,8-9,15-16H2,1-7H3/b18-10+,29-26?/t22-/m0/s1. The average Bonchev–Trinajstić information content (AvgIpc) is 2.94. The first-order valence-corrected chi connectivity index (χ1v) is 12.8. The lowest BCUT2D eigenvalue weighted by molar-refractivity contribution is -0.154. The number of allylic oxidation sites excluding steroid dienone is 2. The predicted octanol–water partition coefficient (Wildman–Crippen LogP) is 6.53. The molecule has 2 aliphatic heterocycles. The molecule has 0 saturated carbocycles. The third-order valence-corrected chi connectivity index (χ3v) is 7.34. The predicted molar refractivity (Wildman–Crippen MR) is 143 cm³/mol. The van der Waals surface area contributed by atoms with E-state index in [2.05, 4.69) is 62.9 Å². The van der Waals surface area contributed by atoms with E-state index in [0.29, 0.717) is 6.54 Å². The number of nitrogens with zero attached hydrogens (tertiary/aromatic N) is 3. The molecule has 0 unspecified atom stereocenters. The molecule has 0 saturated heterocycles. The Balaban J connectivity index is 1.94. The first-order valence-electron chi connectivity index (χ1n) is 12.0. The van der Waals surface area contributed by atoms with Crippen LogP contribution in [0.3, 0.4) is 0 Å². The van der Waals surface area contributed by atoms with Gasteiger partial charge in [0.15, 0.2) is 0 Å². The summed E-state index contributed by atoms with van der Waals surface area (Å²) in [6.45, 7) is 15.0. The van der Waals surface area contributed by atoms with Gasteiger partial charge >= 0.3 is 5.97 Å². The van der Waals surface area contributed by atoms with Gasteiger partial charge in [0, 0.05) is 28.2 Å². The molecule has 4 rings (SSSR count). The van der Waals surface area contributed by atoms with Gasteiger partial charge in [0.05, 0.1) is 12.1 Å². The summed E-state index contributed by atoms with van der Waals surface area (Å²) in [6.07, 6.45) is 4.41. The van der Waals surface area contributed by atoms with E-state index in [9.17, 15) is 4.79 Å². The molecule has 1 aromatic carbocycles. The maximum Gasteiger partial charge on any atom is 0.308 e. The normalized spacial score (nSPS) is 20.0. The maximum atomic E-state index is 13.0. The number of hydrogen-bond donors (Lipinski definition) is 0. The zero-order valence-corrected chi connectivity index (χ0v) is 22.2. The number of hydrogen-bond acceptors (Lipinski definition) is 6. The minimum Gasteiger partial charge on any atom is -0.460 e. The lowest BCUT2D eigenvalue weighted by atomic mass is 9.99. The Kier molecular flexibility index (Phi) is 6.81. The number of carbonyl (C=O) groups excluding carboxylic acids is 1. The van der Waals surface area contributed by atoms with Crippen LogP contribution in [-0.4, -0.2) is 35.7 Å². The molecule has 0 aliphatic carbocycles. The molecule has 0 bridgehead atoms. The Bertz CT molecular complexity index is 1180. The molecule has 0 amide bonds. The van der Waals surface area contributed by atoms with Gasteiger partial charge in [0.2, 0.25) is 0 Å². The summed E-state index contributed by atoms with van der Waals surface area (Å²) in [5.74, 6) is 0.581. The van der Waals surface area contributed by atoms with E-state index in [-0.39, 0.29) is 12.4 Å². The number of ether oxygens (including phenoxy) is 1. The van der Waals surface area contributed by atoms with Crippen LogP contribution in [0, 0.1) is 20.8 Å². The summed E-state index contributed by atoms with van der Waals surface area (Å²) in [4.78, 5) is 26.8. The number of aryl methyl sites for hydroxylation is 2. The Hall–Kier alpha value is -2.73. The summed E-state index contributed by atoms with van der Waals surface area (Å²) in [7, 11) is 0. The molecule has 1 atom stereocenters. The summed E-state index contributed by atoms with van der Waals surface area (Å²) >= 11 is 1.78. The molecule has 0 fully saturated rings. The number of anilines is 1. The van der Waals surface area contributed by atoms with Crippen LogP contribution in [0.1, 0.15) is 74.1 Å². The van der Waals surface area contributed by atoms with Gasteiger partial charge < -0.3 is 4.74 Å². The van der Waals surface area contributed by atoms with Crippen molar-refractivity contribution in [3.63, 3.8) is 0 Å². The van der Waals surface area contributed by atoms with Crippen LogP contribution in [0.4, 0.5) is 5.00 Å². The highest BCUT2D eigenvalue weighted by Crippen LogP contribution is 2.42. The minimum atomic E-state index is -0.546. The van der Waals surface area contributed by atoms with Crippen LogP contribution in [-0.2, 0) is 9.53 Å². The lowest BCUT2D eigenvalue weighted by Crippen LogP contribution is -2.39. The van der Waals surface area contributed by atoms with E-state index in [1.54, 1.807) is 11.3 Å². The minimum absolute atomic E-state index is 0.155. The van der Waals surface area contributed by atoms with E-state index in [1.807, 2.05) is 20.8 Å². The molecule has 1 aromatic heterocycles. The molecule has 2 aliphatic rings. The van der Waals surface area contributed by atoms with E-state index in [0.717, 1.165) is 46.2 Å². The van der Waals surface area contributed by atoms with E-state index < -0.39 is 11.6 Å². The average molecular weight is 478 g/mol. The van der Waals surface area contributed by atoms with Crippen molar-refractivity contribution in [3.05, 3.63) is 63.2 Å². The van der Waals surface area contributed by atoms with Crippen LogP contribution in [0.2, 0.25) is 0 Å². The second-order valence-electron chi connectivity index (χ2n) is 10.2. The monoisotopic (exact) mass is 477 g/mol. The van der Waals surface area contributed by atoms with Crippen molar-refractivity contribution < 1.29 is 9.53 Å². The first-order chi connectivity index (χ1) is 16.0. The molecule has 6 heteroatoms. The van der Waals surface area contributed by atoms with Crippen molar-refractivity contribution in [1.82, 2.24) is 0 Å². The second kappa shape index (κ2) is 9.49. The molecule has 0 spiro atoms. The van der Waals surface area contributed by atoms with Gasteiger partial charge in [0.1, 0.15) is 22.5 Å². The first kappa shape index (κ1) is 24.4. The highest BCUT2D eigenvalue weighted by molar-refractivity contribution is 7.17. The molecule has 2 aromatic rings. The Morgan fingerprint density at radius 3 is 2.53 bits per heavy atom. The highest BCUT2D eigenvalue weighted by atomic mass is 32.1. The third-order valence-electron chi connectivity index (χ3n) is 6.15. The van der Waals surface area contributed by atoms with Crippen molar-refractivity contribution in [3.8, 4) is 0 Å². The van der Waals surface area contributed by atoms with Crippen LogP contribution in [0.25, 0.3) is 0 Å². The van der Waals surface area contributed by atoms with Crippen LogP contribution in [0.15, 0.2) is 46.0 Å². The van der Waals surface area contributed by atoms with Crippen molar-refractivity contribution >= 4 is 33.9 Å². The SMILES string of the molecule is C/C1=C\CCCN=C2[C@H](CC(=O)OC(C)(C)C)N=C(c3ccc(C)cc3)c3c(sc(C)c3C)N21. The Labute approximate surface area is 207 Å². The van der Waals surface area contributed by atoms with Crippen LogP contribution < -0.4 is 4.90 Å². The fourth-order valence-corrected chi connectivity index (χ4v) is 5.61. The fourth-order valence-electron chi connectivity index (χ4n) is 4.39. The van der Waals surface area contributed by atoms with Gasteiger partial charge in [-0.2, -0.15) is 0 Å². The molecule has 0 N–H and O–H groups in total. The number of amidine groups is 1. The number of benzene rings is 1. The molecular weight excluding hydrogens is 442 g/mol. The van der Waals surface area contributed by atoms with Gasteiger partial charge in [-0.3, -0.25) is 19.7 Å². The molecule has 0 radical (unpaired) electrons. The van der Waals surface area contributed by atoms with E-state index >= 15 is 0 Å². The number of esters is 1. The van der Waals surface area contributed by atoms with Gasteiger partial charge in [-0.25, -0.2) is 0 Å². The zero-order valence-electron chi connectivity index (χ0n) is 21.4.